The molecule has 0 saturated carbocycles. The summed E-state index contributed by atoms with van der Waals surface area (Å²) in [5, 5.41) is 21.5. The maximum Gasteiger partial charge on any atom is 0.310 e. The van der Waals surface area contributed by atoms with Gasteiger partial charge in [-0.1, -0.05) is 0 Å². The van der Waals surface area contributed by atoms with Crippen molar-refractivity contribution in [2.45, 2.75) is 13.8 Å². The lowest BCUT2D eigenvalue weighted by atomic mass is 10.0. The summed E-state index contributed by atoms with van der Waals surface area (Å²) in [5.74, 6) is 0.309. The first-order valence-electron chi connectivity index (χ1n) is 6.40. The van der Waals surface area contributed by atoms with E-state index in [1.807, 2.05) is 36.9 Å². The first kappa shape index (κ1) is 12.6. The summed E-state index contributed by atoms with van der Waals surface area (Å²) in [4.78, 5) is 12.7. The zero-order valence-corrected chi connectivity index (χ0v) is 11.3. The smallest absolute Gasteiger partial charge is 0.310 e. The highest BCUT2D eigenvalue weighted by Gasteiger charge is 2.33. The van der Waals surface area contributed by atoms with Gasteiger partial charge in [0.15, 0.2) is 11.6 Å². The van der Waals surface area contributed by atoms with E-state index >= 15 is 0 Å². The van der Waals surface area contributed by atoms with Crippen molar-refractivity contribution in [2.24, 2.45) is 5.92 Å². The molecule has 1 N–H and O–H groups in total. The van der Waals surface area contributed by atoms with E-state index in [0.717, 1.165) is 11.4 Å². The fourth-order valence-corrected chi connectivity index (χ4v) is 2.28. The molecule has 0 atom stereocenters. The number of hydrogen-bond acceptors (Lipinski definition) is 5. The van der Waals surface area contributed by atoms with Gasteiger partial charge in [0.25, 0.3) is 0 Å². The number of aryl methyl sites for hydroxylation is 2. The van der Waals surface area contributed by atoms with E-state index in [1.54, 1.807) is 4.68 Å². The zero-order valence-electron chi connectivity index (χ0n) is 11.3. The average molecular weight is 273 g/mol. The highest BCUT2D eigenvalue weighted by molar-refractivity contribution is 5.74. The van der Waals surface area contributed by atoms with Crippen LogP contribution in [0.25, 0.3) is 5.82 Å². The van der Waals surface area contributed by atoms with E-state index in [9.17, 15) is 4.79 Å². The second-order valence-electron chi connectivity index (χ2n) is 5.03. The van der Waals surface area contributed by atoms with Crippen LogP contribution in [0, 0.1) is 19.8 Å². The fourth-order valence-electron chi connectivity index (χ4n) is 2.28. The van der Waals surface area contributed by atoms with Crippen LogP contribution < -0.4 is 4.90 Å². The van der Waals surface area contributed by atoms with Gasteiger partial charge >= 0.3 is 5.97 Å². The maximum absolute atomic E-state index is 10.8. The number of hydrogen-bond donors (Lipinski definition) is 1. The van der Waals surface area contributed by atoms with Gasteiger partial charge < -0.3 is 10.0 Å². The van der Waals surface area contributed by atoms with Crippen LogP contribution in [0.2, 0.25) is 0 Å². The average Bonchev–Trinajstić information content (AvgIpc) is 2.67. The molecule has 0 spiro atoms. The summed E-state index contributed by atoms with van der Waals surface area (Å²) >= 11 is 0. The van der Waals surface area contributed by atoms with Gasteiger partial charge in [-0.2, -0.15) is 5.10 Å². The Morgan fingerprint density at radius 2 is 1.90 bits per heavy atom. The van der Waals surface area contributed by atoms with Gasteiger partial charge in [-0.3, -0.25) is 4.79 Å². The van der Waals surface area contributed by atoms with Gasteiger partial charge in [-0.05, 0) is 32.0 Å². The fraction of sp³-hybridized carbons (Fsp3) is 0.385. The Hall–Kier alpha value is -2.44. The van der Waals surface area contributed by atoms with Crippen LogP contribution >= 0.6 is 0 Å². The minimum absolute atomic E-state index is 0.299. The lowest BCUT2D eigenvalue weighted by Gasteiger charge is -2.37. The predicted octanol–water partition coefficient (Wildman–Crippen LogP) is 0.800. The molecule has 1 aliphatic heterocycles. The lowest BCUT2D eigenvalue weighted by molar-refractivity contribution is -0.142. The molecule has 3 heterocycles. The number of nitrogens with zero attached hydrogens (tertiary/aromatic N) is 5. The van der Waals surface area contributed by atoms with Crippen molar-refractivity contribution in [2.75, 3.05) is 18.0 Å². The molecule has 0 aromatic carbocycles. The third-order valence-electron chi connectivity index (χ3n) is 3.42. The van der Waals surface area contributed by atoms with Gasteiger partial charge in [0, 0.05) is 18.8 Å². The van der Waals surface area contributed by atoms with Gasteiger partial charge in [-0.25, -0.2) is 4.68 Å². The van der Waals surface area contributed by atoms with Gasteiger partial charge in [-0.15, -0.1) is 10.2 Å². The van der Waals surface area contributed by atoms with Gasteiger partial charge in [0.05, 0.1) is 11.6 Å². The van der Waals surface area contributed by atoms with E-state index in [0.29, 0.717) is 24.7 Å². The Balaban J connectivity index is 1.76. The molecule has 1 saturated heterocycles. The molecule has 7 heteroatoms. The number of anilines is 1. The Bertz CT molecular complexity index is 643. The van der Waals surface area contributed by atoms with Crippen molar-refractivity contribution < 1.29 is 9.90 Å². The van der Waals surface area contributed by atoms with Crippen molar-refractivity contribution in [3.05, 3.63) is 29.6 Å². The monoisotopic (exact) mass is 273 g/mol. The Kier molecular flexibility index (Phi) is 2.89. The number of aliphatic carboxylic acids is 1. The third-order valence-corrected chi connectivity index (χ3v) is 3.42. The lowest BCUT2D eigenvalue weighted by Crippen LogP contribution is -2.50. The second-order valence-corrected chi connectivity index (χ2v) is 5.03. The molecule has 0 radical (unpaired) electrons. The molecule has 104 valence electrons. The van der Waals surface area contributed by atoms with E-state index in [2.05, 4.69) is 15.3 Å². The third kappa shape index (κ3) is 2.11. The molecule has 0 aliphatic carbocycles. The molecule has 7 nitrogen and oxygen atoms in total. The van der Waals surface area contributed by atoms with E-state index in [-0.39, 0.29) is 5.92 Å². The quantitative estimate of drug-likeness (QED) is 0.890. The van der Waals surface area contributed by atoms with Crippen LogP contribution in [-0.2, 0) is 4.79 Å². The molecule has 20 heavy (non-hydrogen) atoms. The van der Waals surface area contributed by atoms with Crippen LogP contribution in [0.3, 0.4) is 0 Å². The number of carboxylic acid groups (broad SMARTS) is 1. The molecule has 1 aliphatic rings. The van der Waals surface area contributed by atoms with Crippen molar-refractivity contribution >= 4 is 11.8 Å². The van der Waals surface area contributed by atoms with E-state index in [4.69, 9.17) is 5.11 Å². The molecular formula is C13H15N5O2. The minimum Gasteiger partial charge on any atom is -0.481 e. The molecule has 2 aromatic heterocycles. The number of carbonyl (C=O) groups is 1. The molecule has 0 bridgehead atoms. The Labute approximate surface area is 115 Å². The van der Waals surface area contributed by atoms with Gasteiger partial charge in [0.2, 0.25) is 0 Å². The maximum atomic E-state index is 10.8. The molecular weight excluding hydrogens is 258 g/mol. The predicted molar refractivity (Wildman–Crippen MR) is 72.0 cm³/mol. The summed E-state index contributed by atoms with van der Waals surface area (Å²) in [6.07, 6.45) is 0. The zero-order chi connectivity index (χ0) is 14.3. The number of rotatable bonds is 3. The number of aromatic nitrogens is 4. The Morgan fingerprint density at radius 3 is 2.40 bits per heavy atom. The van der Waals surface area contributed by atoms with Crippen molar-refractivity contribution in [3.8, 4) is 5.82 Å². The Morgan fingerprint density at radius 1 is 1.25 bits per heavy atom. The summed E-state index contributed by atoms with van der Waals surface area (Å²) in [5.41, 5.74) is 1.93. The summed E-state index contributed by atoms with van der Waals surface area (Å²) in [6.45, 7) is 4.87. The summed E-state index contributed by atoms with van der Waals surface area (Å²) in [6, 6.07) is 5.66. The largest absolute Gasteiger partial charge is 0.481 e. The second kappa shape index (κ2) is 4.59. The normalized spacial score (nSPS) is 15.2. The summed E-state index contributed by atoms with van der Waals surface area (Å²) < 4.78 is 1.74. The minimum atomic E-state index is -0.756. The van der Waals surface area contributed by atoms with Crippen LogP contribution in [0.15, 0.2) is 18.2 Å². The molecule has 2 aromatic rings. The van der Waals surface area contributed by atoms with Crippen molar-refractivity contribution in [1.29, 1.82) is 0 Å². The molecule has 0 amide bonds. The first-order chi connectivity index (χ1) is 9.54. The van der Waals surface area contributed by atoms with E-state index in [1.165, 1.54) is 0 Å². The summed E-state index contributed by atoms with van der Waals surface area (Å²) in [7, 11) is 0. The van der Waals surface area contributed by atoms with Crippen LogP contribution in [0.5, 0.6) is 0 Å². The van der Waals surface area contributed by atoms with Gasteiger partial charge in [0.1, 0.15) is 0 Å². The molecule has 1 fully saturated rings. The number of carboxylic acids is 1. The van der Waals surface area contributed by atoms with Crippen LogP contribution in [-0.4, -0.2) is 44.1 Å². The molecule has 3 rings (SSSR count). The van der Waals surface area contributed by atoms with Crippen molar-refractivity contribution in [1.82, 2.24) is 20.0 Å². The SMILES string of the molecule is Cc1cc(C)n(-c2ccc(N3CC(C(=O)O)C3)nn2)n1. The van der Waals surface area contributed by atoms with E-state index < -0.39 is 5.97 Å². The van der Waals surface area contributed by atoms with Crippen LogP contribution in [0.1, 0.15) is 11.4 Å². The van der Waals surface area contributed by atoms with Crippen LogP contribution in [0.4, 0.5) is 5.82 Å². The highest BCUT2D eigenvalue weighted by atomic mass is 16.4. The highest BCUT2D eigenvalue weighted by Crippen LogP contribution is 2.22. The standard InChI is InChI=1S/C13H15N5O2/c1-8-5-9(2)18(16-8)12-4-3-11(14-15-12)17-6-10(7-17)13(19)20/h3-5,10H,6-7H2,1-2H3,(H,19,20). The first-order valence-corrected chi connectivity index (χ1v) is 6.40. The molecule has 0 unspecified atom stereocenters. The van der Waals surface area contributed by atoms with Crippen molar-refractivity contribution in [3.63, 3.8) is 0 Å². The topological polar surface area (TPSA) is 84.1 Å².